The molecule has 1 aromatic rings. The van der Waals surface area contributed by atoms with Crippen LogP contribution in [0.5, 0.6) is 0 Å². The fourth-order valence-electron chi connectivity index (χ4n) is 1.87. The maximum Gasteiger partial charge on any atom is 0.0846 e. The number of benzene rings is 1. The molecule has 1 fully saturated rings. The van der Waals surface area contributed by atoms with Crippen LogP contribution in [0.3, 0.4) is 0 Å². The number of hydrogen-bond donors (Lipinski definition) is 2. The fraction of sp³-hybridized carbons (Fsp3) is 0.455. The normalized spacial score (nSPS) is 22.9. The van der Waals surface area contributed by atoms with E-state index in [-0.39, 0.29) is 0 Å². The van der Waals surface area contributed by atoms with Gasteiger partial charge in [-0.3, -0.25) is 0 Å². The average molecular weight is 288 g/mol. The van der Waals surface area contributed by atoms with Crippen LogP contribution in [0.15, 0.2) is 22.7 Å². The molecular formula is C11H14BrNOS. The molecule has 0 spiro atoms. The molecule has 2 rings (SSSR count). The molecule has 1 heterocycles. The van der Waals surface area contributed by atoms with E-state index in [4.69, 9.17) is 5.73 Å². The lowest BCUT2D eigenvalue weighted by Gasteiger charge is -2.19. The van der Waals surface area contributed by atoms with Gasteiger partial charge in [0.05, 0.1) is 6.10 Å². The summed E-state index contributed by atoms with van der Waals surface area (Å²) in [5.41, 5.74) is 7.43. The van der Waals surface area contributed by atoms with E-state index in [9.17, 15) is 5.11 Å². The van der Waals surface area contributed by atoms with E-state index in [0.717, 1.165) is 28.0 Å². The first-order valence-corrected chi connectivity index (χ1v) is 6.94. The van der Waals surface area contributed by atoms with Gasteiger partial charge in [0, 0.05) is 15.7 Å². The molecule has 0 aromatic heterocycles. The molecular weight excluding hydrogens is 274 g/mol. The molecule has 1 saturated heterocycles. The zero-order valence-corrected chi connectivity index (χ0v) is 10.7. The zero-order valence-electron chi connectivity index (χ0n) is 8.32. The molecule has 2 nitrogen and oxygen atoms in total. The molecule has 0 radical (unpaired) electrons. The Kier molecular flexibility index (Phi) is 3.59. The van der Waals surface area contributed by atoms with E-state index in [1.54, 1.807) is 0 Å². The van der Waals surface area contributed by atoms with Crippen molar-refractivity contribution in [1.29, 1.82) is 0 Å². The zero-order chi connectivity index (χ0) is 10.8. The maximum absolute atomic E-state index is 10.2. The van der Waals surface area contributed by atoms with Gasteiger partial charge in [0.2, 0.25) is 0 Å². The summed E-state index contributed by atoms with van der Waals surface area (Å²) in [4.78, 5) is 0. The van der Waals surface area contributed by atoms with Gasteiger partial charge < -0.3 is 10.8 Å². The Morgan fingerprint density at radius 2 is 2.33 bits per heavy atom. The number of nitrogen functional groups attached to an aromatic ring is 1. The van der Waals surface area contributed by atoms with E-state index >= 15 is 0 Å². The van der Waals surface area contributed by atoms with Gasteiger partial charge in [0.1, 0.15) is 0 Å². The topological polar surface area (TPSA) is 46.2 Å². The second kappa shape index (κ2) is 4.76. The van der Waals surface area contributed by atoms with E-state index < -0.39 is 6.10 Å². The molecule has 3 N–H and O–H groups in total. The van der Waals surface area contributed by atoms with Crippen molar-refractivity contribution in [2.75, 3.05) is 17.2 Å². The van der Waals surface area contributed by atoms with E-state index in [0.29, 0.717) is 11.6 Å². The highest BCUT2D eigenvalue weighted by Gasteiger charge is 2.26. The van der Waals surface area contributed by atoms with Crippen molar-refractivity contribution in [3.05, 3.63) is 28.2 Å². The van der Waals surface area contributed by atoms with E-state index in [1.807, 2.05) is 30.0 Å². The van der Waals surface area contributed by atoms with Crippen LogP contribution in [0, 0.1) is 5.92 Å². The van der Waals surface area contributed by atoms with Crippen LogP contribution in [0.25, 0.3) is 0 Å². The number of aliphatic hydroxyl groups is 1. The Labute approximate surface area is 102 Å². The highest BCUT2D eigenvalue weighted by atomic mass is 79.9. The van der Waals surface area contributed by atoms with Gasteiger partial charge in [-0.1, -0.05) is 22.0 Å². The standard InChI is InChI=1S/C11H14BrNOS/c12-8-1-2-9(10(13)5-8)11(14)7-3-4-15-6-7/h1-2,5,7,11,14H,3-4,6,13H2. The molecule has 2 atom stereocenters. The minimum atomic E-state index is -0.409. The van der Waals surface area contributed by atoms with Crippen molar-refractivity contribution in [3.8, 4) is 0 Å². The van der Waals surface area contributed by atoms with Crippen molar-refractivity contribution in [2.24, 2.45) is 5.92 Å². The Morgan fingerprint density at radius 1 is 1.53 bits per heavy atom. The smallest absolute Gasteiger partial charge is 0.0846 e. The highest BCUT2D eigenvalue weighted by Crippen LogP contribution is 2.36. The average Bonchev–Trinajstić information content (AvgIpc) is 2.69. The lowest BCUT2D eigenvalue weighted by atomic mass is 9.94. The third-order valence-corrected chi connectivity index (χ3v) is 4.46. The van der Waals surface area contributed by atoms with Gasteiger partial charge >= 0.3 is 0 Å². The molecule has 2 unspecified atom stereocenters. The largest absolute Gasteiger partial charge is 0.398 e. The fourth-order valence-corrected chi connectivity index (χ4v) is 3.54. The molecule has 82 valence electrons. The first kappa shape index (κ1) is 11.3. The van der Waals surface area contributed by atoms with Gasteiger partial charge in [-0.2, -0.15) is 11.8 Å². The molecule has 0 bridgehead atoms. The van der Waals surface area contributed by atoms with Crippen LogP contribution in [0.1, 0.15) is 18.1 Å². The first-order chi connectivity index (χ1) is 7.18. The summed E-state index contributed by atoms with van der Waals surface area (Å²) in [5.74, 6) is 2.55. The first-order valence-electron chi connectivity index (χ1n) is 4.99. The van der Waals surface area contributed by atoms with Crippen LogP contribution in [0.4, 0.5) is 5.69 Å². The lowest BCUT2D eigenvalue weighted by molar-refractivity contribution is 0.122. The second-order valence-corrected chi connectivity index (χ2v) is 5.91. The summed E-state index contributed by atoms with van der Waals surface area (Å²) in [6, 6.07) is 5.69. The van der Waals surface area contributed by atoms with Crippen molar-refractivity contribution in [2.45, 2.75) is 12.5 Å². The molecule has 0 saturated carbocycles. The number of halogens is 1. The minimum Gasteiger partial charge on any atom is -0.398 e. The van der Waals surface area contributed by atoms with Gasteiger partial charge in [-0.25, -0.2) is 0 Å². The molecule has 1 aliphatic rings. The number of anilines is 1. The Hall–Kier alpha value is -0.190. The van der Waals surface area contributed by atoms with E-state index in [2.05, 4.69) is 15.9 Å². The summed E-state index contributed by atoms with van der Waals surface area (Å²) in [7, 11) is 0. The summed E-state index contributed by atoms with van der Waals surface area (Å²) in [6.07, 6.45) is 0.675. The summed E-state index contributed by atoms with van der Waals surface area (Å²) >= 11 is 5.27. The third kappa shape index (κ3) is 2.49. The molecule has 4 heteroatoms. The van der Waals surface area contributed by atoms with Gasteiger partial charge in [-0.15, -0.1) is 0 Å². The summed E-state index contributed by atoms with van der Waals surface area (Å²) in [6.45, 7) is 0. The number of rotatable bonds is 2. The molecule has 0 aliphatic carbocycles. The van der Waals surface area contributed by atoms with Crippen molar-refractivity contribution in [1.82, 2.24) is 0 Å². The second-order valence-electron chi connectivity index (χ2n) is 3.84. The predicted molar refractivity (Wildman–Crippen MR) is 68.9 cm³/mol. The number of aliphatic hydroxyl groups excluding tert-OH is 1. The Bertz CT molecular complexity index is 352. The monoisotopic (exact) mass is 287 g/mol. The molecule has 1 aliphatic heterocycles. The third-order valence-electron chi connectivity index (χ3n) is 2.78. The van der Waals surface area contributed by atoms with E-state index in [1.165, 1.54) is 0 Å². The van der Waals surface area contributed by atoms with Gasteiger partial charge in [0.25, 0.3) is 0 Å². The van der Waals surface area contributed by atoms with Crippen LogP contribution in [-0.2, 0) is 0 Å². The van der Waals surface area contributed by atoms with Gasteiger partial charge in [0.15, 0.2) is 0 Å². The summed E-state index contributed by atoms with van der Waals surface area (Å²) in [5, 5.41) is 10.2. The van der Waals surface area contributed by atoms with Crippen molar-refractivity contribution >= 4 is 33.4 Å². The SMILES string of the molecule is Nc1cc(Br)ccc1C(O)C1CCSC1. The maximum atomic E-state index is 10.2. The molecule has 1 aromatic carbocycles. The quantitative estimate of drug-likeness (QED) is 0.823. The van der Waals surface area contributed by atoms with Crippen molar-refractivity contribution < 1.29 is 5.11 Å². The minimum absolute atomic E-state index is 0.360. The van der Waals surface area contributed by atoms with Crippen LogP contribution in [0.2, 0.25) is 0 Å². The summed E-state index contributed by atoms with van der Waals surface area (Å²) < 4.78 is 0.955. The Morgan fingerprint density at radius 3 is 2.93 bits per heavy atom. The number of hydrogen-bond acceptors (Lipinski definition) is 3. The van der Waals surface area contributed by atoms with Crippen molar-refractivity contribution in [3.63, 3.8) is 0 Å². The number of nitrogens with two attached hydrogens (primary N) is 1. The van der Waals surface area contributed by atoms with Crippen LogP contribution in [-0.4, -0.2) is 16.6 Å². The molecule has 0 amide bonds. The predicted octanol–water partition coefficient (Wildman–Crippen LogP) is 2.82. The van der Waals surface area contributed by atoms with Crippen LogP contribution < -0.4 is 5.73 Å². The van der Waals surface area contributed by atoms with Gasteiger partial charge in [-0.05, 0) is 36.0 Å². The lowest BCUT2D eigenvalue weighted by Crippen LogP contribution is -2.13. The Balaban J connectivity index is 2.20. The molecule has 15 heavy (non-hydrogen) atoms. The highest BCUT2D eigenvalue weighted by molar-refractivity contribution is 9.10. The van der Waals surface area contributed by atoms with Crippen LogP contribution >= 0.6 is 27.7 Å². The number of thioether (sulfide) groups is 1.